The Morgan fingerprint density at radius 3 is 2.75 bits per heavy atom. The third-order valence-corrected chi connectivity index (χ3v) is 5.03. The maximum atomic E-state index is 12.2. The highest BCUT2D eigenvalue weighted by atomic mass is 79.9. The van der Waals surface area contributed by atoms with Crippen molar-refractivity contribution in [3.63, 3.8) is 0 Å². The number of hydrogen-bond donors (Lipinski definition) is 1. The normalized spacial score (nSPS) is 16.0. The number of likely N-dealkylation sites (tertiary alicyclic amines) is 1. The molecule has 1 aliphatic heterocycles. The molecule has 126 valence electrons. The zero-order valence-electron chi connectivity index (χ0n) is 13.7. The minimum absolute atomic E-state index is 0.0496. The molecule has 3 rings (SSSR count). The summed E-state index contributed by atoms with van der Waals surface area (Å²) in [5, 5.41) is 0. The van der Waals surface area contributed by atoms with Crippen LogP contribution in [0.2, 0.25) is 0 Å². The van der Waals surface area contributed by atoms with E-state index in [-0.39, 0.29) is 5.91 Å². The van der Waals surface area contributed by atoms with Gasteiger partial charge in [0.1, 0.15) is 11.5 Å². The van der Waals surface area contributed by atoms with Crippen LogP contribution in [0.15, 0.2) is 45.3 Å². The van der Waals surface area contributed by atoms with Crippen molar-refractivity contribution >= 4 is 33.6 Å². The zero-order valence-corrected chi connectivity index (χ0v) is 15.3. The number of carbonyl (C=O) groups excluding carboxylic acids is 1. The molecule has 2 aromatic rings. The number of hydrogen-bond acceptors (Lipinski definition) is 3. The lowest BCUT2D eigenvalue weighted by Crippen LogP contribution is -2.36. The van der Waals surface area contributed by atoms with Crippen molar-refractivity contribution in [1.82, 2.24) is 4.90 Å². The first-order valence-corrected chi connectivity index (χ1v) is 8.94. The number of nitrogen functional groups attached to an aromatic ring is 1. The highest BCUT2D eigenvalue weighted by molar-refractivity contribution is 9.10. The molecule has 0 spiro atoms. The van der Waals surface area contributed by atoms with E-state index >= 15 is 0 Å². The molecule has 4 nitrogen and oxygen atoms in total. The van der Waals surface area contributed by atoms with Crippen LogP contribution in [0.25, 0.3) is 17.4 Å². The Hall–Kier alpha value is -2.01. The van der Waals surface area contributed by atoms with Gasteiger partial charge in [0.15, 0.2) is 0 Å². The van der Waals surface area contributed by atoms with E-state index in [4.69, 9.17) is 10.2 Å². The summed E-state index contributed by atoms with van der Waals surface area (Å²) >= 11 is 3.49. The number of carbonyl (C=O) groups is 1. The van der Waals surface area contributed by atoms with Crippen molar-refractivity contribution in [2.75, 3.05) is 18.8 Å². The molecule has 1 saturated heterocycles. The highest BCUT2D eigenvalue weighted by Gasteiger charge is 2.18. The standard InChI is InChI=1S/C19H21BrN2O2/c1-13-8-10-22(11-9-13)19(23)7-4-15-3-6-18(24-15)16-5-2-14(21)12-17(16)20/h2-7,12-13H,8-11,21H2,1H3/b7-4+. The predicted molar refractivity (Wildman–Crippen MR) is 100 cm³/mol. The topological polar surface area (TPSA) is 59.5 Å². The average molecular weight is 389 g/mol. The number of anilines is 1. The molecule has 1 aromatic carbocycles. The third-order valence-electron chi connectivity index (χ3n) is 4.37. The number of halogens is 1. The molecule has 0 aliphatic carbocycles. The maximum Gasteiger partial charge on any atom is 0.246 e. The number of nitrogens with zero attached hydrogens (tertiary/aromatic N) is 1. The van der Waals surface area contributed by atoms with Gasteiger partial charge in [0.2, 0.25) is 5.91 Å². The smallest absolute Gasteiger partial charge is 0.246 e. The first-order chi connectivity index (χ1) is 11.5. The Bertz CT molecular complexity index is 758. The van der Waals surface area contributed by atoms with Gasteiger partial charge in [0.05, 0.1) is 0 Å². The minimum Gasteiger partial charge on any atom is -0.457 e. The Labute approximate surface area is 150 Å². The molecule has 2 heterocycles. The van der Waals surface area contributed by atoms with E-state index in [0.29, 0.717) is 17.4 Å². The van der Waals surface area contributed by atoms with E-state index in [1.807, 2.05) is 35.2 Å². The lowest BCUT2D eigenvalue weighted by atomic mass is 9.99. The average Bonchev–Trinajstić information content (AvgIpc) is 3.02. The van der Waals surface area contributed by atoms with E-state index in [9.17, 15) is 4.79 Å². The molecule has 1 aromatic heterocycles. The van der Waals surface area contributed by atoms with Crippen LogP contribution in [0.3, 0.4) is 0 Å². The number of benzene rings is 1. The molecule has 24 heavy (non-hydrogen) atoms. The van der Waals surface area contributed by atoms with Gasteiger partial charge in [-0.1, -0.05) is 6.92 Å². The molecule has 1 aliphatic rings. The fourth-order valence-electron chi connectivity index (χ4n) is 2.81. The fourth-order valence-corrected chi connectivity index (χ4v) is 3.40. The van der Waals surface area contributed by atoms with Gasteiger partial charge in [-0.3, -0.25) is 4.79 Å². The summed E-state index contributed by atoms with van der Waals surface area (Å²) in [4.78, 5) is 14.1. The quantitative estimate of drug-likeness (QED) is 0.618. The van der Waals surface area contributed by atoms with Gasteiger partial charge in [-0.25, -0.2) is 0 Å². The lowest BCUT2D eigenvalue weighted by molar-refractivity contribution is -0.127. The van der Waals surface area contributed by atoms with Crippen LogP contribution in [-0.4, -0.2) is 23.9 Å². The van der Waals surface area contributed by atoms with Crippen LogP contribution in [0.4, 0.5) is 5.69 Å². The van der Waals surface area contributed by atoms with E-state index in [2.05, 4.69) is 22.9 Å². The van der Waals surface area contributed by atoms with E-state index in [1.165, 1.54) is 0 Å². The molecule has 0 bridgehead atoms. The first kappa shape index (κ1) is 16.8. The molecule has 5 heteroatoms. The van der Waals surface area contributed by atoms with Gasteiger partial charge < -0.3 is 15.1 Å². The monoisotopic (exact) mass is 388 g/mol. The maximum absolute atomic E-state index is 12.2. The van der Waals surface area contributed by atoms with E-state index < -0.39 is 0 Å². The Morgan fingerprint density at radius 2 is 2.04 bits per heavy atom. The number of rotatable bonds is 3. The van der Waals surface area contributed by atoms with Crippen LogP contribution >= 0.6 is 15.9 Å². The molecule has 1 fully saturated rings. The number of amides is 1. The van der Waals surface area contributed by atoms with Crippen molar-refractivity contribution in [3.8, 4) is 11.3 Å². The van der Waals surface area contributed by atoms with Crippen LogP contribution in [0, 0.1) is 5.92 Å². The van der Waals surface area contributed by atoms with Crippen molar-refractivity contribution in [2.24, 2.45) is 5.92 Å². The van der Waals surface area contributed by atoms with Gasteiger partial charge in [0.25, 0.3) is 0 Å². The third kappa shape index (κ3) is 3.90. The number of piperidine rings is 1. The van der Waals surface area contributed by atoms with Crippen LogP contribution in [0.5, 0.6) is 0 Å². The van der Waals surface area contributed by atoms with Gasteiger partial charge in [0, 0.05) is 34.9 Å². The Morgan fingerprint density at radius 1 is 1.29 bits per heavy atom. The van der Waals surface area contributed by atoms with Crippen LogP contribution in [0.1, 0.15) is 25.5 Å². The van der Waals surface area contributed by atoms with Crippen molar-refractivity contribution < 1.29 is 9.21 Å². The first-order valence-electron chi connectivity index (χ1n) is 8.15. The van der Waals surface area contributed by atoms with Crippen molar-refractivity contribution in [2.45, 2.75) is 19.8 Å². The number of nitrogens with two attached hydrogens (primary N) is 1. The molecular weight excluding hydrogens is 368 g/mol. The zero-order chi connectivity index (χ0) is 17.1. The summed E-state index contributed by atoms with van der Waals surface area (Å²) in [6, 6.07) is 9.34. The van der Waals surface area contributed by atoms with Gasteiger partial charge in [-0.2, -0.15) is 0 Å². The fraction of sp³-hybridized carbons (Fsp3) is 0.316. The second kappa shape index (κ2) is 7.26. The Kier molecular flexibility index (Phi) is 5.09. The molecule has 0 unspecified atom stereocenters. The second-order valence-electron chi connectivity index (χ2n) is 6.28. The number of furan rings is 1. The van der Waals surface area contributed by atoms with Gasteiger partial charge >= 0.3 is 0 Å². The SMILES string of the molecule is CC1CCN(C(=O)/C=C/c2ccc(-c3ccc(N)cc3Br)o2)CC1. The Balaban J connectivity index is 1.68. The summed E-state index contributed by atoms with van der Waals surface area (Å²) in [6.07, 6.45) is 5.48. The predicted octanol–water partition coefficient (Wildman–Crippen LogP) is 4.56. The summed E-state index contributed by atoms with van der Waals surface area (Å²) < 4.78 is 6.70. The van der Waals surface area contributed by atoms with Crippen LogP contribution < -0.4 is 5.73 Å². The highest BCUT2D eigenvalue weighted by Crippen LogP contribution is 2.31. The van der Waals surface area contributed by atoms with Gasteiger partial charge in [-0.15, -0.1) is 0 Å². The minimum atomic E-state index is 0.0496. The molecule has 1 amide bonds. The summed E-state index contributed by atoms with van der Waals surface area (Å²) in [7, 11) is 0. The van der Waals surface area contributed by atoms with Crippen LogP contribution in [-0.2, 0) is 4.79 Å². The van der Waals surface area contributed by atoms with Crippen molar-refractivity contribution in [1.29, 1.82) is 0 Å². The molecule has 2 N–H and O–H groups in total. The largest absolute Gasteiger partial charge is 0.457 e. The summed E-state index contributed by atoms with van der Waals surface area (Å²) in [5.74, 6) is 2.16. The van der Waals surface area contributed by atoms with E-state index in [1.54, 1.807) is 12.2 Å². The second-order valence-corrected chi connectivity index (χ2v) is 7.14. The molecule has 0 saturated carbocycles. The molecule has 0 atom stereocenters. The lowest BCUT2D eigenvalue weighted by Gasteiger charge is -2.29. The summed E-state index contributed by atoms with van der Waals surface area (Å²) in [6.45, 7) is 3.91. The van der Waals surface area contributed by atoms with E-state index in [0.717, 1.165) is 41.7 Å². The van der Waals surface area contributed by atoms with Gasteiger partial charge in [-0.05, 0) is 71.1 Å². The summed E-state index contributed by atoms with van der Waals surface area (Å²) in [5.41, 5.74) is 7.38. The molecular formula is C19H21BrN2O2. The molecule has 0 radical (unpaired) electrons. The van der Waals surface area contributed by atoms with Crippen molar-refractivity contribution in [3.05, 3.63) is 46.6 Å².